The zero-order valence-electron chi connectivity index (χ0n) is 13.8. The Bertz CT molecular complexity index is 281. The fourth-order valence-electron chi connectivity index (χ4n) is 2.52. The SMILES string of the molecule is CN=C(NCC(C)C)NCC(C)N1CCCC(C)C1.I. The quantitative estimate of drug-likeness (QED) is 0.426. The molecule has 0 aromatic carbocycles. The third kappa shape index (κ3) is 7.67. The standard InChI is InChI=1S/C15H32N4.HI/c1-12(2)9-17-15(16-5)18-10-14(4)19-8-6-7-13(3)11-19;/h12-14H,6-11H2,1-5H3,(H2,16,17,18);1H. The van der Waals surface area contributed by atoms with Crippen LogP contribution in [0.25, 0.3) is 0 Å². The monoisotopic (exact) mass is 396 g/mol. The molecule has 1 rings (SSSR count). The third-order valence-corrected chi connectivity index (χ3v) is 3.78. The van der Waals surface area contributed by atoms with Gasteiger partial charge in [-0.25, -0.2) is 0 Å². The maximum atomic E-state index is 4.27. The first-order valence-electron chi connectivity index (χ1n) is 7.71. The van der Waals surface area contributed by atoms with Gasteiger partial charge in [0.25, 0.3) is 0 Å². The van der Waals surface area contributed by atoms with Crippen LogP contribution in [0.2, 0.25) is 0 Å². The second-order valence-electron chi connectivity index (χ2n) is 6.32. The molecule has 1 saturated heterocycles. The maximum Gasteiger partial charge on any atom is 0.191 e. The van der Waals surface area contributed by atoms with Crippen LogP contribution in [0, 0.1) is 11.8 Å². The van der Waals surface area contributed by atoms with E-state index in [2.05, 4.69) is 48.2 Å². The lowest BCUT2D eigenvalue weighted by Gasteiger charge is -2.35. The number of aliphatic imine (C=N–C) groups is 1. The zero-order chi connectivity index (χ0) is 14.3. The van der Waals surface area contributed by atoms with E-state index in [-0.39, 0.29) is 24.0 Å². The van der Waals surface area contributed by atoms with Crippen molar-refractivity contribution in [2.45, 2.75) is 46.6 Å². The lowest BCUT2D eigenvalue weighted by Crippen LogP contribution is -2.49. The molecule has 0 spiro atoms. The molecule has 20 heavy (non-hydrogen) atoms. The van der Waals surface area contributed by atoms with E-state index in [1.165, 1.54) is 25.9 Å². The lowest BCUT2D eigenvalue weighted by atomic mass is 9.99. The van der Waals surface area contributed by atoms with Crippen LogP contribution < -0.4 is 10.6 Å². The van der Waals surface area contributed by atoms with Gasteiger partial charge in [-0.1, -0.05) is 20.8 Å². The van der Waals surface area contributed by atoms with Crippen molar-refractivity contribution in [3.05, 3.63) is 0 Å². The van der Waals surface area contributed by atoms with Crippen LogP contribution in [0.4, 0.5) is 0 Å². The van der Waals surface area contributed by atoms with E-state index in [9.17, 15) is 0 Å². The molecule has 0 amide bonds. The highest BCUT2D eigenvalue weighted by Crippen LogP contribution is 2.17. The van der Waals surface area contributed by atoms with Crippen molar-refractivity contribution in [3.63, 3.8) is 0 Å². The van der Waals surface area contributed by atoms with Gasteiger partial charge in [-0.3, -0.25) is 9.89 Å². The minimum atomic E-state index is 0. The van der Waals surface area contributed by atoms with E-state index in [0.29, 0.717) is 12.0 Å². The number of nitrogens with one attached hydrogen (secondary N) is 2. The predicted molar refractivity (Wildman–Crippen MR) is 99.1 cm³/mol. The maximum absolute atomic E-state index is 4.27. The average molecular weight is 396 g/mol. The van der Waals surface area contributed by atoms with Gasteiger partial charge in [0.2, 0.25) is 0 Å². The Balaban J connectivity index is 0.00000361. The molecule has 0 aliphatic carbocycles. The van der Waals surface area contributed by atoms with E-state index in [1.54, 1.807) is 0 Å². The van der Waals surface area contributed by atoms with Gasteiger partial charge in [-0.2, -0.15) is 0 Å². The topological polar surface area (TPSA) is 39.7 Å². The Morgan fingerprint density at radius 3 is 2.45 bits per heavy atom. The Morgan fingerprint density at radius 2 is 1.90 bits per heavy atom. The van der Waals surface area contributed by atoms with Crippen LogP contribution in [0.3, 0.4) is 0 Å². The molecule has 1 aliphatic heterocycles. The molecule has 2 unspecified atom stereocenters. The Kier molecular flexibility index (Phi) is 10.6. The highest BCUT2D eigenvalue weighted by Gasteiger charge is 2.20. The molecule has 120 valence electrons. The van der Waals surface area contributed by atoms with Gasteiger partial charge >= 0.3 is 0 Å². The van der Waals surface area contributed by atoms with Crippen molar-refractivity contribution in [2.75, 3.05) is 33.2 Å². The fraction of sp³-hybridized carbons (Fsp3) is 0.933. The predicted octanol–water partition coefficient (Wildman–Crippen LogP) is 2.55. The Labute approximate surface area is 142 Å². The summed E-state index contributed by atoms with van der Waals surface area (Å²) in [6, 6.07) is 0.570. The van der Waals surface area contributed by atoms with Crippen LogP contribution in [-0.2, 0) is 0 Å². The Hall–Kier alpha value is -0.0400. The van der Waals surface area contributed by atoms with Crippen LogP contribution in [-0.4, -0.2) is 50.1 Å². The smallest absolute Gasteiger partial charge is 0.191 e. The number of nitrogens with zero attached hydrogens (tertiary/aromatic N) is 2. The van der Waals surface area contributed by atoms with E-state index in [0.717, 1.165) is 25.0 Å². The van der Waals surface area contributed by atoms with Crippen LogP contribution in [0.1, 0.15) is 40.5 Å². The third-order valence-electron chi connectivity index (χ3n) is 3.78. The number of rotatable bonds is 5. The molecule has 0 radical (unpaired) electrons. The highest BCUT2D eigenvalue weighted by molar-refractivity contribution is 14.0. The van der Waals surface area contributed by atoms with Gasteiger partial charge in [-0.05, 0) is 38.1 Å². The molecule has 0 aromatic rings. The Morgan fingerprint density at radius 1 is 1.25 bits per heavy atom. The summed E-state index contributed by atoms with van der Waals surface area (Å²) in [5, 5.41) is 6.79. The summed E-state index contributed by atoms with van der Waals surface area (Å²) in [4.78, 5) is 6.86. The molecule has 0 saturated carbocycles. The first-order chi connectivity index (χ1) is 9.02. The molecule has 5 heteroatoms. The van der Waals surface area contributed by atoms with Crippen molar-refractivity contribution in [1.82, 2.24) is 15.5 Å². The molecular weight excluding hydrogens is 363 g/mol. The van der Waals surface area contributed by atoms with Gasteiger partial charge in [0.15, 0.2) is 5.96 Å². The van der Waals surface area contributed by atoms with Gasteiger partial charge < -0.3 is 10.6 Å². The summed E-state index contributed by atoms with van der Waals surface area (Å²) in [5.74, 6) is 2.40. The number of halogens is 1. The van der Waals surface area contributed by atoms with Gasteiger partial charge in [0, 0.05) is 32.7 Å². The molecule has 1 fully saturated rings. The highest BCUT2D eigenvalue weighted by atomic mass is 127. The first kappa shape index (κ1) is 20.0. The largest absolute Gasteiger partial charge is 0.356 e. The first-order valence-corrected chi connectivity index (χ1v) is 7.71. The minimum absolute atomic E-state index is 0. The molecule has 0 bridgehead atoms. The van der Waals surface area contributed by atoms with Crippen molar-refractivity contribution in [1.29, 1.82) is 0 Å². The van der Waals surface area contributed by atoms with E-state index >= 15 is 0 Å². The number of likely N-dealkylation sites (tertiary alicyclic amines) is 1. The van der Waals surface area contributed by atoms with E-state index < -0.39 is 0 Å². The molecule has 2 N–H and O–H groups in total. The molecule has 0 aromatic heterocycles. The average Bonchev–Trinajstić information content (AvgIpc) is 2.38. The van der Waals surface area contributed by atoms with Crippen molar-refractivity contribution in [2.24, 2.45) is 16.8 Å². The number of hydrogen-bond acceptors (Lipinski definition) is 2. The molecule has 4 nitrogen and oxygen atoms in total. The van der Waals surface area contributed by atoms with Gasteiger partial charge in [0.05, 0.1) is 0 Å². The summed E-state index contributed by atoms with van der Waals surface area (Å²) >= 11 is 0. The van der Waals surface area contributed by atoms with E-state index in [4.69, 9.17) is 0 Å². The number of hydrogen-bond donors (Lipinski definition) is 2. The zero-order valence-corrected chi connectivity index (χ0v) is 16.1. The second-order valence-corrected chi connectivity index (χ2v) is 6.32. The second kappa shape index (κ2) is 10.7. The van der Waals surface area contributed by atoms with Crippen molar-refractivity contribution < 1.29 is 0 Å². The fourth-order valence-corrected chi connectivity index (χ4v) is 2.52. The van der Waals surface area contributed by atoms with Crippen LogP contribution in [0.5, 0.6) is 0 Å². The summed E-state index contributed by atoms with van der Waals surface area (Å²) in [5.41, 5.74) is 0. The van der Waals surface area contributed by atoms with Gasteiger partial charge in [0.1, 0.15) is 0 Å². The number of guanidine groups is 1. The summed E-state index contributed by atoms with van der Waals surface area (Å²) < 4.78 is 0. The molecule has 1 aliphatic rings. The molecule has 1 heterocycles. The van der Waals surface area contributed by atoms with Crippen molar-refractivity contribution in [3.8, 4) is 0 Å². The van der Waals surface area contributed by atoms with Crippen LogP contribution in [0.15, 0.2) is 4.99 Å². The molecule has 2 atom stereocenters. The van der Waals surface area contributed by atoms with Crippen LogP contribution >= 0.6 is 24.0 Å². The summed E-state index contributed by atoms with van der Waals surface area (Å²) in [7, 11) is 1.84. The summed E-state index contributed by atoms with van der Waals surface area (Å²) in [6.07, 6.45) is 2.72. The lowest BCUT2D eigenvalue weighted by molar-refractivity contribution is 0.139. The minimum Gasteiger partial charge on any atom is -0.356 e. The number of piperidine rings is 1. The van der Waals surface area contributed by atoms with Crippen molar-refractivity contribution >= 4 is 29.9 Å². The molecular formula is C15H33IN4. The normalized spacial score (nSPS) is 22.3. The van der Waals surface area contributed by atoms with Gasteiger partial charge in [-0.15, -0.1) is 24.0 Å². The van der Waals surface area contributed by atoms with E-state index in [1.807, 2.05) is 7.05 Å². The summed E-state index contributed by atoms with van der Waals surface area (Å²) in [6.45, 7) is 13.5.